The molecule has 0 saturated carbocycles. The van der Waals surface area contributed by atoms with Gasteiger partial charge in [0.15, 0.2) is 0 Å². The summed E-state index contributed by atoms with van der Waals surface area (Å²) >= 11 is 3.87. The molecule has 0 unspecified atom stereocenters. The van der Waals surface area contributed by atoms with Gasteiger partial charge in [0, 0.05) is 73.3 Å². The van der Waals surface area contributed by atoms with Crippen molar-refractivity contribution in [2.45, 2.75) is 78.6 Å². The molecule has 4 heteroatoms. The average molecular weight is 1330 g/mol. The van der Waals surface area contributed by atoms with Gasteiger partial charge in [-0.1, -0.05) is 317 Å². The molecule has 0 radical (unpaired) electrons. The SMILES string of the molecule is CC(C)(C)c1c(-c2ccccc2)ccc2c1c1c(-c3ccccc3)cccc1n2-c1ccccc1.CC(C)(C)c1c2c(cc3sc4cccc(-c5ccccc5)c4c13)sc1cccc(-c3ccccc3)c12.CC(C)(C)c1cccc2c1c1c(-c3ccccc3)cccc1n2-c1ccccc1. The molecule has 100 heavy (non-hydrogen) atoms. The van der Waals surface area contributed by atoms with Gasteiger partial charge >= 0.3 is 0 Å². The van der Waals surface area contributed by atoms with Gasteiger partial charge in [-0.05, 0) is 155 Å². The van der Waals surface area contributed by atoms with Gasteiger partial charge in [-0.2, -0.15) is 0 Å². The predicted molar refractivity (Wildman–Crippen MR) is 437 cm³/mol. The van der Waals surface area contributed by atoms with Gasteiger partial charge in [0.05, 0.1) is 22.1 Å². The van der Waals surface area contributed by atoms with Gasteiger partial charge in [-0.25, -0.2) is 0 Å². The van der Waals surface area contributed by atoms with E-state index in [9.17, 15) is 0 Å². The van der Waals surface area contributed by atoms with Gasteiger partial charge < -0.3 is 9.13 Å². The van der Waals surface area contributed by atoms with Crippen LogP contribution in [-0.4, -0.2) is 9.13 Å². The molecule has 18 aromatic rings. The monoisotopic (exact) mass is 1320 g/mol. The van der Waals surface area contributed by atoms with Crippen molar-refractivity contribution < 1.29 is 0 Å². The highest BCUT2D eigenvalue weighted by molar-refractivity contribution is 7.28. The van der Waals surface area contributed by atoms with E-state index in [0.717, 1.165) is 0 Å². The Labute approximate surface area is 595 Å². The summed E-state index contributed by atoms with van der Waals surface area (Å²) in [4.78, 5) is 0. The molecule has 18 rings (SSSR count). The number of aromatic nitrogens is 2. The lowest BCUT2D eigenvalue weighted by Crippen LogP contribution is -2.13. The fourth-order valence-corrected chi connectivity index (χ4v) is 18.1. The van der Waals surface area contributed by atoms with Gasteiger partial charge in [-0.3, -0.25) is 0 Å². The first-order valence-electron chi connectivity index (χ1n) is 35.0. The first-order chi connectivity index (χ1) is 48.6. The summed E-state index contributed by atoms with van der Waals surface area (Å²) in [6, 6.07) is 116. The Morgan fingerprint density at radius 1 is 0.210 bits per heavy atom. The van der Waals surface area contributed by atoms with E-state index in [4.69, 9.17) is 0 Å². The maximum Gasteiger partial charge on any atom is 0.0547 e. The van der Waals surface area contributed by atoms with E-state index in [2.05, 4.69) is 393 Å². The van der Waals surface area contributed by atoms with Gasteiger partial charge in [0.25, 0.3) is 0 Å². The van der Waals surface area contributed by atoms with Crippen molar-refractivity contribution in [3.05, 3.63) is 338 Å². The van der Waals surface area contributed by atoms with Gasteiger partial charge in [0.1, 0.15) is 0 Å². The standard InChI is InChI=1S/C34H29N.C34H26S2.C28H25N/c1-34(2,3)33-28(25-16-9-5-10-17-25)22-23-30-32(33)31-27(24-14-7-4-8-15-24)20-13-21-29(31)35(30)26-18-11-6-12-19-26;1-34(2,3)33-31-27(35-25-18-10-16-23(29(25)31)21-12-6-4-7-13-21)20-28-32(33)30-24(17-11-19-26(30)36-28)22-14-8-5-9-15-22;1-28(2,3)23-17-11-19-25-27(23)26-22(20-12-6-4-7-13-20)16-10-18-24(26)29(25)21-14-8-5-9-15-21/h4-23H,1-3H3;4-20H,1-3H3;4-19H,1-3H3. The number of para-hydroxylation sites is 2. The summed E-state index contributed by atoms with van der Waals surface area (Å²) in [7, 11) is 0. The molecule has 0 spiro atoms. The summed E-state index contributed by atoms with van der Waals surface area (Å²) < 4.78 is 10.3. The highest BCUT2D eigenvalue weighted by Crippen LogP contribution is 2.53. The maximum atomic E-state index is 2.46. The number of thiophene rings is 2. The number of hydrogen-bond acceptors (Lipinski definition) is 2. The summed E-state index contributed by atoms with van der Waals surface area (Å²) in [5, 5.41) is 11.0. The molecular formula is C96H80N2S2. The second-order valence-corrected chi connectivity index (χ2v) is 31.6. The van der Waals surface area contributed by atoms with Crippen molar-refractivity contribution >= 4 is 107 Å². The molecule has 0 bridgehead atoms. The second-order valence-electron chi connectivity index (χ2n) is 29.5. The molecule has 4 heterocycles. The highest BCUT2D eigenvalue weighted by Gasteiger charge is 2.31. The quantitative estimate of drug-likeness (QED) is 0.151. The third-order valence-corrected chi connectivity index (χ3v) is 22.0. The van der Waals surface area contributed by atoms with Crippen LogP contribution in [0.2, 0.25) is 0 Å². The average Bonchev–Trinajstić information content (AvgIpc) is 1.56. The van der Waals surface area contributed by atoms with Crippen LogP contribution in [0.5, 0.6) is 0 Å². The lowest BCUT2D eigenvalue weighted by Gasteiger charge is -2.25. The highest BCUT2D eigenvalue weighted by atomic mass is 32.1. The molecule has 0 aliphatic carbocycles. The number of fused-ring (bicyclic) bond motifs is 12. The predicted octanol–water partition coefficient (Wildman–Crippen LogP) is 28.2. The van der Waals surface area contributed by atoms with Crippen LogP contribution < -0.4 is 0 Å². The number of rotatable bonds is 7. The molecule has 4 aromatic heterocycles. The molecule has 0 amide bonds. The first kappa shape index (κ1) is 63.8. The number of nitrogens with zero attached hydrogens (tertiary/aromatic N) is 2. The van der Waals surface area contributed by atoms with Crippen LogP contribution in [0.3, 0.4) is 0 Å². The lowest BCUT2D eigenvalue weighted by molar-refractivity contribution is 0.596. The number of benzene rings is 14. The zero-order valence-corrected chi connectivity index (χ0v) is 59.9. The molecule has 14 aromatic carbocycles. The Bertz CT molecular complexity index is 5890. The summed E-state index contributed by atoms with van der Waals surface area (Å²) in [5.74, 6) is 0. The molecule has 0 aliphatic rings. The van der Waals surface area contributed by atoms with E-state index in [-0.39, 0.29) is 16.2 Å². The maximum absolute atomic E-state index is 2.46. The third-order valence-electron chi connectivity index (χ3n) is 19.8. The molecule has 486 valence electrons. The second kappa shape index (κ2) is 25.8. The zero-order valence-electron chi connectivity index (χ0n) is 58.3. The van der Waals surface area contributed by atoms with Crippen molar-refractivity contribution in [1.82, 2.24) is 9.13 Å². The van der Waals surface area contributed by atoms with Crippen LogP contribution in [0.4, 0.5) is 0 Å². The van der Waals surface area contributed by atoms with Crippen molar-refractivity contribution in [3.8, 4) is 67.0 Å². The largest absolute Gasteiger partial charge is 0.309 e. The van der Waals surface area contributed by atoms with E-state index in [1.807, 2.05) is 22.7 Å². The molecule has 0 N–H and O–H groups in total. The minimum atomic E-state index is -0.0513. The van der Waals surface area contributed by atoms with Gasteiger partial charge in [-0.15, -0.1) is 22.7 Å². The van der Waals surface area contributed by atoms with E-state index in [0.29, 0.717) is 0 Å². The first-order valence-corrected chi connectivity index (χ1v) is 36.6. The fourth-order valence-electron chi connectivity index (χ4n) is 15.7. The molecular weight excluding hydrogens is 1250 g/mol. The van der Waals surface area contributed by atoms with Crippen LogP contribution >= 0.6 is 22.7 Å². The molecule has 2 nitrogen and oxygen atoms in total. The normalized spacial score (nSPS) is 12.1. The van der Waals surface area contributed by atoms with Crippen molar-refractivity contribution in [3.63, 3.8) is 0 Å². The number of hydrogen-bond donors (Lipinski definition) is 0. The molecule has 0 atom stereocenters. The Hall–Kier alpha value is -10.9. The van der Waals surface area contributed by atoms with Crippen LogP contribution in [0.15, 0.2) is 322 Å². The third kappa shape index (κ3) is 11.4. The minimum Gasteiger partial charge on any atom is -0.309 e. The lowest BCUT2D eigenvalue weighted by atomic mass is 9.78. The fraction of sp³-hybridized carbons (Fsp3) is 0.125. The smallest absolute Gasteiger partial charge is 0.0547 e. The molecule has 0 saturated heterocycles. The van der Waals surface area contributed by atoms with E-state index < -0.39 is 0 Å². The van der Waals surface area contributed by atoms with Crippen molar-refractivity contribution in [1.29, 1.82) is 0 Å². The van der Waals surface area contributed by atoms with Gasteiger partial charge in [0.2, 0.25) is 0 Å². The van der Waals surface area contributed by atoms with Crippen LogP contribution in [0.1, 0.15) is 79.0 Å². The van der Waals surface area contributed by atoms with Crippen molar-refractivity contribution in [2.75, 3.05) is 0 Å². The van der Waals surface area contributed by atoms with E-state index in [1.54, 1.807) is 0 Å². The Morgan fingerprint density at radius 3 is 0.890 bits per heavy atom. The van der Waals surface area contributed by atoms with Crippen LogP contribution in [-0.2, 0) is 16.2 Å². The van der Waals surface area contributed by atoms with E-state index in [1.165, 1.54) is 168 Å². The van der Waals surface area contributed by atoms with Crippen LogP contribution in [0.25, 0.3) is 151 Å². The summed E-state index contributed by atoms with van der Waals surface area (Å²) in [6.45, 7) is 21.1. The zero-order chi connectivity index (χ0) is 68.4. The topological polar surface area (TPSA) is 9.86 Å². The Kier molecular flexibility index (Phi) is 16.4. The Balaban J connectivity index is 0.000000117. The van der Waals surface area contributed by atoms with Crippen LogP contribution in [0, 0.1) is 0 Å². The summed E-state index contributed by atoms with van der Waals surface area (Å²) in [5.41, 5.74) is 24.5. The molecule has 0 fully saturated rings. The molecule has 0 aliphatic heterocycles. The van der Waals surface area contributed by atoms with Crippen molar-refractivity contribution in [2.24, 2.45) is 0 Å². The van der Waals surface area contributed by atoms with E-state index >= 15 is 0 Å². The Morgan fingerprint density at radius 2 is 0.520 bits per heavy atom. The summed E-state index contributed by atoms with van der Waals surface area (Å²) in [6.07, 6.45) is 0. The minimum absolute atomic E-state index is 0.0205.